The zero-order valence-corrected chi connectivity index (χ0v) is 22.6. The smallest absolute Gasteiger partial charge is 0.338 e. The monoisotopic (exact) mass is 541 g/mol. The molecule has 2 aromatic heterocycles. The van der Waals surface area contributed by atoms with E-state index in [1.807, 2.05) is 42.7 Å². The first-order valence-electron chi connectivity index (χ1n) is 11.9. The largest absolute Gasteiger partial charge is 0.463 e. The molecule has 1 aliphatic heterocycles. The van der Waals surface area contributed by atoms with Crippen LogP contribution in [0.2, 0.25) is 0 Å². The standard InChI is InChI=1S/C29H23N3O4S2/c1-4-35-28(34)25-17(2)31-29-32(26(25)18-9-12-21(37-3)13-10-18)27(33)24(38-29)15-20-11-14-23(36-20)22-8-6-5-7-19(22)16-30/h5-15,26H,4H2,1-3H3/t26-/m1/s1. The number of carbonyl (C=O) groups excluding carboxylic acids is 1. The van der Waals surface area contributed by atoms with E-state index in [0.29, 0.717) is 43.3 Å². The minimum atomic E-state index is -0.668. The fraction of sp³-hybridized carbons (Fsp3) is 0.172. The predicted molar refractivity (Wildman–Crippen MR) is 147 cm³/mol. The van der Waals surface area contributed by atoms with Crippen LogP contribution >= 0.6 is 23.1 Å². The maximum atomic E-state index is 13.8. The van der Waals surface area contributed by atoms with Gasteiger partial charge in [0.1, 0.15) is 11.5 Å². The number of hydrogen-bond acceptors (Lipinski definition) is 8. The van der Waals surface area contributed by atoms with Crippen molar-refractivity contribution in [3.05, 3.63) is 109 Å². The molecular formula is C29H23N3O4S2. The third-order valence-corrected chi connectivity index (χ3v) is 7.89. The summed E-state index contributed by atoms with van der Waals surface area (Å²) in [4.78, 5) is 33.0. The number of carbonyl (C=O) groups is 1. The molecule has 38 heavy (non-hydrogen) atoms. The van der Waals surface area contributed by atoms with Gasteiger partial charge in [-0.05, 0) is 62.1 Å². The zero-order valence-electron chi connectivity index (χ0n) is 20.9. The molecule has 0 amide bonds. The Morgan fingerprint density at radius 3 is 2.68 bits per heavy atom. The van der Waals surface area contributed by atoms with Gasteiger partial charge >= 0.3 is 5.97 Å². The number of thioether (sulfide) groups is 1. The molecule has 0 unspecified atom stereocenters. The number of ether oxygens (including phenoxy) is 1. The van der Waals surface area contributed by atoms with Crippen LogP contribution < -0.4 is 14.9 Å². The van der Waals surface area contributed by atoms with Crippen LogP contribution in [0, 0.1) is 11.3 Å². The van der Waals surface area contributed by atoms with Gasteiger partial charge < -0.3 is 9.15 Å². The fourth-order valence-corrected chi connectivity index (χ4v) is 5.83. The average Bonchev–Trinajstić information content (AvgIpc) is 3.52. The van der Waals surface area contributed by atoms with E-state index >= 15 is 0 Å². The van der Waals surface area contributed by atoms with Crippen LogP contribution in [0.4, 0.5) is 0 Å². The van der Waals surface area contributed by atoms with E-state index in [4.69, 9.17) is 9.15 Å². The van der Waals surface area contributed by atoms with Crippen LogP contribution in [0.3, 0.4) is 0 Å². The average molecular weight is 542 g/mol. The van der Waals surface area contributed by atoms with E-state index in [0.717, 1.165) is 10.5 Å². The molecule has 4 aromatic rings. The normalized spacial score (nSPS) is 15.1. The molecule has 1 atom stereocenters. The van der Waals surface area contributed by atoms with Gasteiger partial charge in [-0.3, -0.25) is 9.36 Å². The van der Waals surface area contributed by atoms with Gasteiger partial charge in [0.2, 0.25) is 0 Å². The molecular weight excluding hydrogens is 518 g/mol. The molecule has 7 nitrogen and oxygen atoms in total. The second-order valence-corrected chi connectivity index (χ2v) is 10.3. The Bertz CT molecular complexity index is 1790. The van der Waals surface area contributed by atoms with E-state index < -0.39 is 12.0 Å². The van der Waals surface area contributed by atoms with Gasteiger partial charge in [-0.25, -0.2) is 9.79 Å². The number of aromatic nitrogens is 1. The van der Waals surface area contributed by atoms with Gasteiger partial charge in [0.05, 0.1) is 40.1 Å². The lowest BCUT2D eigenvalue weighted by atomic mass is 9.96. The molecule has 0 N–H and O–H groups in total. The number of nitrogens with zero attached hydrogens (tertiary/aromatic N) is 3. The number of benzene rings is 2. The summed E-state index contributed by atoms with van der Waals surface area (Å²) in [5.41, 5.74) is 2.56. The Balaban J connectivity index is 1.64. The number of furan rings is 1. The summed E-state index contributed by atoms with van der Waals surface area (Å²) in [6.07, 6.45) is 3.66. The third-order valence-electron chi connectivity index (χ3n) is 6.16. The van der Waals surface area contributed by atoms with Crippen molar-refractivity contribution in [1.82, 2.24) is 4.57 Å². The van der Waals surface area contributed by atoms with Crippen LogP contribution in [0.5, 0.6) is 0 Å². The van der Waals surface area contributed by atoms with Gasteiger partial charge in [-0.1, -0.05) is 35.6 Å². The van der Waals surface area contributed by atoms with Crippen molar-refractivity contribution >= 4 is 35.1 Å². The number of thiazole rings is 1. The maximum absolute atomic E-state index is 13.8. The SMILES string of the molecule is CCOC(=O)C1=C(C)N=c2sc(=Cc3ccc(-c4ccccc4C#N)o3)c(=O)n2[C@@H]1c1ccc(SC)cc1. The first-order chi connectivity index (χ1) is 18.4. The van der Waals surface area contributed by atoms with E-state index in [9.17, 15) is 14.9 Å². The summed E-state index contributed by atoms with van der Waals surface area (Å²) in [6.45, 7) is 3.73. The van der Waals surface area contributed by atoms with Crippen LogP contribution in [0.1, 0.15) is 36.8 Å². The Kier molecular flexibility index (Phi) is 7.18. The molecule has 1 aliphatic rings. The summed E-state index contributed by atoms with van der Waals surface area (Å²) in [7, 11) is 0. The lowest BCUT2D eigenvalue weighted by Gasteiger charge is -2.24. The molecule has 0 saturated heterocycles. The molecule has 9 heteroatoms. The number of esters is 1. The number of hydrogen-bond donors (Lipinski definition) is 0. The van der Waals surface area contributed by atoms with Crippen molar-refractivity contribution in [1.29, 1.82) is 5.26 Å². The van der Waals surface area contributed by atoms with Crippen LogP contribution in [0.25, 0.3) is 17.4 Å². The zero-order chi connectivity index (χ0) is 26.8. The first-order valence-corrected chi connectivity index (χ1v) is 13.9. The van der Waals surface area contributed by atoms with Crippen molar-refractivity contribution in [3.8, 4) is 17.4 Å². The van der Waals surface area contributed by atoms with E-state index in [1.165, 1.54) is 11.3 Å². The molecule has 190 valence electrons. The van der Waals surface area contributed by atoms with Gasteiger partial charge in [0, 0.05) is 16.5 Å². The van der Waals surface area contributed by atoms with Gasteiger partial charge in [-0.2, -0.15) is 5.26 Å². The fourth-order valence-electron chi connectivity index (χ4n) is 4.39. The second-order valence-electron chi connectivity index (χ2n) is 8.43. The molecule has 2 aromatic carbocycles. The van der Waals surface area contributed by atoms with Gasteiger partial charge in [-0.15, -0.1) is 11.8 Å². The maximum Gasteiger partial charge on any atom is 0.338 e. The Labute approximate surface area is 227 Å². The van der Waals surface area contributed by atoms with Crippen molar-refractivity contribution in [3.63, 3.8) is 0 Å². The molecule has 0 fully saturated rings. The number of fused-ring (bicyclic) bond motifs is 1. The highest BCUT2D eigenvalue weighted by Crippen LogP contribution is 2.32. The molecule has 0 aliphatic carbocycles. The van der Waals surface area contributed by atoms with Crippen molar-refractivity contribution < 1.29 is 13.9 Å². The van der Waals surface area contributed by atoms with Crippen LogP contribution in [0.15, 0.2) is 91.0 Å². The summed E-state index contributed by atoms with van der Waals surface area (Å²) >= 11 is 2.85. The minimum absolute atomic E-state index is 0.216. The summed E-state index contributed by atoms with van der Waals surface area (Å²) < 4.78 is 13.3. The molecule has 0 bridgehead atoms. The highest BCUT2D eigenvalue weighted by atomic mass is 32.2. The topological polar surface area (TPSA) is 97.6 Å². The highest BCUT2D eigenvalue weighted by molar-refractivity contribution is 7.98. The van der Waals surface area contributed by atoms with E-state index in [-0.39, 0.29) is 12.2 Å². The lowest BCUT2D eigenvalue weighted by Crippen LogP contribution is -2.39. The summed E-state index contributed by atoms with van der Waals surface area (Å²) in [6, 6.07) is 20.0. The van der Waals surface area contributed by atoms with Crippen LogP contribution in [-0.2, 0) is 9.53 Å². The third kappa shape index (κ3) is 4.64. The second kappa shape index (κ2) is 10.7. The van der Waals surface area contributed by atoms with E-state index in [2.05, 4.69) is 11.1 Å². The Morgan fingerprint density at radius 1 is 1.21 bits per heavy atom. The van der Waals surface area contributed by atoms with Gasteiger partial charge in [0.15, 0.2) is 4.80 Å². The van der Waals surface area contributed by atoms with Crippen molar-refractivity contribution in [2.45, 2.75) is 24.8 Å². The molecule has 0 spiro atoms. The molecule has 5 rings (SSSR count). The number of allylic oxidation sites excluding steroid dienone is 1. The van der Waals surface area contributed by atoms with E-state index in [1.54, 1.807) is 60.5 Å². The van der Waals surface area contributed by atoms with Crippen molar-refractivity contribution in [2.75, 3.05) is 12.9 Å². The van der Waals surface area contributed by atoms with Crippen LogP contribution in [-0.4, -0.2) is 23.4 Å². The molecule has 0 saturated carbocycles. The lowest BCUT2D eigenvalue weighted by molar-refractivity contribution is -0.139. The minimum Gasteiger partial charge on any atom is -0.463 e. The quantitative estimate of drug-likeness (QED) is 0.260. The predicted octanol–water partition coefficient (Wildman–Crippen LogP) is 4.65. The number of rotatable bonds is 6. The van der Waals surface area contributed by atoms with Gasteiger partial charge in [0.25, 0.3) is 5.56 Å². The van der Waals surface area contributed by atoms with Crippen molar-refractivity contribution in [2.24, 2.45) is 4.99 Å². The Morgan fingerprint density at radius 2 is 1.97 bits per heavy atom. The summed E-state index contributed by atoms with van der Waals surface area (Å²) in [5, 5.41) is 9.42. The number of nitriles is 1. The summed E-state index contributed by atoms with van der Waals surface area (Å²) in [5.74, 6) is 0.516. The Hall–Kier alpha value is -4.13. The molecule has 3 heterocycles. The molecule has 0 radical (unpaired) electrons. The highest BCUT2D eigenvalue weighted by Gasteiger charge is 2.33. The first kappa shape index (κ1) is 25.5.